The zero-order valence-corrected chi connectivity index (χ0v) is 19.0. The van der Waals surface area contributed by atoms with Crippen LogP contribution in [0.4, 0.5) is 10.2 Å². The Morgan fingerprint density at radius 3 is 2.67 bits per heavy atom. The van der Waals surface area contributed by atoms with E-state index in [9.17, 15) is 24.5 Å². The molecule has 0 aliphatic rings. The van der Waals surface area contributed by atoms with Crippen molar-refractivity contribution < 1.29 is 29.2 Å². The number of nitrogens with zero attached hydrogens (tertiary/aromatic N) is 3. The summed E-state index contributed by atoms with van der Waals surface area (Å²) in [5.41, 5.74) is -0.962. The first-order valence-corrected chi connectivity index (χ1v) is 10.6. The lowest BCUT2D eigenvalue weighted by Crippen LogP contribution is -2.28. The van der Waals surface area contributed by atoms with Crippen molar-refractivity contribution in [2.45, 2.75) is 52.3 Å². The van der Waals surface area contributed by atoms with Gasteiger partial charge in [-0.1, -0.05) is 19.9 Å². The summed E-state index contributed by atoms with van der Waals surface area (Å²) in [5, 5.41) is 36.9. The van der Waals surface area contributed by atoms with E-state index >= 15 is 0 Å². The molecule has 0 saturated heterocycles. The maximum absolute atomic E-state index is 14.1. The number of aromatic hydroxyl groups is 2. The van der Waals surface area contributed by atoms with E-state index in [0.29, 0.717) is 12.2 Å². The number of anilines is 1. The Morgan fingerprint density at radius 2 is 2.00 bits per heavy atom. The van der Waals surface area contributed by atoms with Gasteiger partial charge in [-0.3, -0.25) is 9.48 Å². The van der Waals surface area contributed by atoms with Crippen molar-refractivity contribution in [1.82, 2.24) is 14.3 Å². The molecular weight excluding hydrogens is 431 g/mol. The van der Waals surface area contributed by atoms with E-state index < -0.39 is 29.1 Å². The molecule has 33 heavy (non-hydrogen) atoms. The molecule has 0 saturated carbocycles. The largest absolute Gasteiger partial charge is 0.505 e. The lowest BCUT2D eigenvalue weighted by Gasteiger charge is -2.20. The van der Waals surface area contributed by atoms with Crippen LogP contribution in [0.25, 0.3) is 0 Å². The van der Waals surface area contributed by atoms with Crippen molar-refractivity contribution >= 4 is 11.7 Å². The van der Waals surface area contributed by atoms with Crippen LogP contribution < -0.4 is 10.1 Å². The Balaban J connectivity index is 1.81. The first-order chi connectivity index (χ1) is 15.4. The molecule has 2 aromatic heterocycles. The van der Waals surface area contributed by atoms with E-state index in [4.69, 9.17) is 4.74 Å². The molecule has 0 unspecified atom stereocenters. The van der Waals surface area contributed by atoms with Gasteiger partial charge in [0.1, 0.15) is 11.8 Å². The summed E-state index contributed by atoms with van der Waals surface area (Å²) in [7, 11) is 0. The van der Waals surface area contributed by atoms with Crippen LogP contribution in [0.1, 0.15) is 40.2 Å². The van der Waals surface area contributed by atoms with Crippen LogP contribution in [0, 0.1) is 11.7 Å². The van der Waals surface area contributed by atoms with Crippen molar-refractivity contribution in [3.05, 3.63) is 48.5 Å². The first-order valence-electron chi connectivity index (χ1n) is 10.6. The molecular formula is C23H29FN4O5. The smallest absolute Gasteiger partial charge is 0.248 e. The third-order valence-electron chi connectivity index (χ3n) is 4.75. The lowest BCUT2D eigenvalue weighted by molar-refractivity contribution is -0.119. The quantitative estimate of drug-likeness (QED) is 0.383. The second kappa shape index (κ2) is 9.53. The Bertz CT molecular complexity index is 1120. The van der Waals surface area contributed by atoms with Gasteiger partial charge >= 0.3 is 0 Å². The van der Waals surface area contributed by atoms with E-state index in [1.807, 2.05) is 13.8 Å². The molecule has 0 fully saturated rings. The van der Waals surface area contributed by atoms with E-state index in [2.05, 4.69) is 10.4 Å². The number of amides is 1. The number of ether oxygens (including phenoxy) is 1. The molecule has 0 radical (unpaired) electrons. The number of rotatable bonds is 9. The number of phenolic OH excluding ortho intramolecular Hbond substituents is 1. The summed E-state index contributed by atoms with van der Waals surface area (Å²) in [6.07, 6.45) is 3.45. The Kier molecular flexibility index (Phi) is 6.97. The van der Waals surface area contributed by atoms with Crippen molar-refractivity contribution in [3.8, 4) is 23.1 Å². The maximum Gasteiger partial charge on any atom is 0.248 e. The van der Waals surface area contributed by atoms with Crippen LogP contribution in [0.2, 0.25) is 0 Å². The number of hydrogen-bond donors (Lipinski definition) is 4. The fourth-order valence-electron chi connectivity index (χ4n) is 3.37. The third-order valence-corrected chi connectivity index (χ3v) is 4.75. The fraction of sp³-hybridized carbons (Fsp3) is 0.391. The summed E-state index contributed by atoms with van der Waals surface area (Å²) in [4.78, 5) is 13.1. The molecule has 1 aromatic carbocycles. The van der Waals surface area contributed by atoms with Gasteiger partial charge in [0.25, 0.3) is 0 Å². The number of aromatic nitrogens is 3. The molecule has 4 N–H and O–H groups in total. The Labute approximate surface area is 191 Å². The van der Waals surface area contributed by atoms with Gasteiger partial charge in [0.05, 0.1) is 18.3 Å². The van der Waals surface area contributed by atoms with E-state index in [1.165, 1.54) is 39.7 Å². The average molecular weight is 461 g/mol. The van der Waals surface area contributed by atoms with Gasteiger partial charge in [0.2, 0.25) is 11.7 Å². The van der Waals surface area contributed by atoms with E-state index in [-0.39, 0.29) is 29.8 Å². The number of benzene rings is 1. The predicted molar refractivity (Wildman–Crippen MR) is 120 cm³/mol. The zero-order chi connectivity index (χ0) is 24.3. The van der Waals surface area contributed by atoms with Crippen molar-refractivity contribution in [2.24, 2.45) is 5.92 Å². The Morgan fingerprint density at radius 1 is 1.27 bits per heavy atom. The second-order valence-corrected chi connectivity index (χ2v) is 8.98. The molecule has 0 aliphatic heterocycles. The van der Waals surface area contributed by atoms with Gasteiger partial charge in [-0.2, -0.15) is 9.49 Å². The molecule has 3 rings (SSSR count). The fourth-order valence-corrected chi connectivity index (χ4v) is 3.37. The van der Waals surface area contributed by atoms with Crippen LogP contribution in [0.15, 0.2) is 42.7 Å². The third kappa shape index (κ3) is 6.26. The number of aliphatic hydroxyl groups is 1. The van der Waals surface area contributed by atoms with Crippen molar-refractivity contribution in [3.63, 3.8) is 0 Å². The SMILES string of the molecule is CC(C)C[C@@H](C(=O)Nc1ccn(CC(C)(C)O)n1)n1cc(Oc2cccc(O)c2F)cc1O. The number of nitrogens with one attached hydrogen (secondary N) is 1. The highest BCUT2D eigenvalue weighted by Crippen LogP contribution is 2.34. The molecule has 1 atom stereocenters. The first kappa shape index (κ1) is 24.1. The lowest BCUT2D eigenvalue weighted by atomic mass is 10.0. The van der Waals surface area contributed by atoms with Crippen LogP contribution in [0.5, 0.6) is 23.1 Å². The van der Waals surface area contributed by atoms with Crippen molar-refractivity contribution in [2.75, 3.05) is 5.32 Å². The maximum atomic E-state index is 14.1. The van der Waals surface area contributed by atoms with Crippen LogP contribution in [0.3, 0.4) is 0 Å². The topological polar surface area (TPSA) is 122 Å². The second-order valence-electron chi connectivity index (χ2n) is 8.98. The van der Waals surface area contributed by atoms with Gasteiger partial charge in [-0.15, -0.1) is 0 Å². The monoisotopic (exact) mass is 460 g/mol. The molecule has 10 heteroatoms. The van der Waals surface area contributed by atoms with Crippen molar-refractivity contribution in [1.29, 1.82) is 0 Å². The molecule has 0 bridgehead atoms. The standard InChI is InChI=1S/C23H29FN4O5/c1-14(2)10-16(22(31)25-19-8-9-27(26-19)13-23(3,4)32)28-12-15(11-20(28)30)33-18-7-5-6-17(29)21(18)24/h5-9,11-12,14,16,29-30,32H,10,13H2,1-4H3,(H,25,26,31)/t16-/m0/s1. The van der Waals surface area contributed by atoms with Crippen LogP contribution in [-0.4, -0.2) is 41.2 Å². The number of phenols is 1. The highest BCUT2D eigenvalue weighted by molar-refractivity contribution is 5.93. The Hall–Kier alpha value is -3.53. The summed E-state index contributed by atoms with van der Waals surface area (Å²) in [6, 6.07) is 6.04. The molecule has 0 spiro atoms. The normalized spacial score (nSPS) is 12.7. The van der Waals surface area contributed by atoms with Gasteiger partial charge < -0.3 is 29.9 Å². The van der Waals surface area contributed by atoms with E-state index in [1.54, 1.807) is 26.1 Å². The summed E-state index contributed by atoms with van der Waals surface area (Å²) in [6.45, 7) is 7.45. The minimum absolute atomic E-state index is 0.105. The van der Waals surface area contributed by atoms with Crippen LogP contribution >= 0.6 is 0 Å². The average Bonchev–Trinajstić information content (AvgIpc) is 3.27. The number of halogens is 1. The van der Waals surface area contributed by atoms with Gasteiger partial charge in [-0.05, 0) is 38.3 Å². The highest BCUT2D eigenvalue weighted by atomic mass is 19.1. The molecule has 178 valence electrons. The molecule has 2 heterocycles. The molecule has 3 aromatic rings. The minimum Gasteiger partial charge on any atom is -0.505 e. The number of carbonyl (C=O) groups excluding carboxylic acids is 1. The minimum atomic E-state index is -0.962. The summed E-state index contributed by atoms with van der Waals surface area (Å²) in [5.74, 6) is -1.81. The van der Waals surface area contributed by atoms with Gasteiger partial charge in [0.15, 0.2) is 23.2 Å². The zero-order valence-electron chi connectivity index (χ0n) is 19.0. The summed E-state index contributed by atoms with van der Waals surface area (Å²) >= 11 is 0. The number of hydrogen-bond acceptors (Lipinski definition) is 6. The predicted octanol–water partition coefficient (Wildman–Crippen LogP) is 4.02. The molecule has 0 aliphatic carbocycles. The van der Waals surface area contributed by atoms with Gasteiger partial charge in [0, 0.05) is 18.3 Å². The number of carbonyl (C=O) groups is 1. The molecule has 1 amide bonds. The summed E-state index contributed by atoms with van der Waals surface area (Å²) < 4.78 is 22.4. The highest BCUT2D eigenvalue weighted by Gasteiger charge is 2.26. The van der Waals surface area contributed by atoms with Crippen LogP contribution in [-0.2, 0) is 11.3 Å². The van der Waals surface area contributed by atoms with Gasteiger partial charge in [-0.25, -0.2) is 0 Å². The van der Waals surface area contributed by atoms with E-state index in [0.717, 1.165) is 0 Å². The molecule has 9 nitrogen and oxygen atoms in total.